The lowest BCUT2D eigenvalue weighted by molar-refractivity contribution is 0.103. The summed E-state index contributed by atoms with van der Waals surface area (Å²) >= 11 is 6.68. The summed E-state index contributed by atoms with van der Waals surface area (Å²) < 4.78 is 25.4. The number of aromatic hydroxyl groups is 1. The number of carbonyl (C=O) groups is 1. The SMILES string of the molecule is CNS(=O)(=O)c1csc(C(=O)Nc2ccc(Cl)cc2O)c1. The van der Waals surface area contributed by atoms with E-state index in [1.165, 1.54) is 36.7 Å². The molecule has 3 N–H and O–H groups in total. The second-order valence-electron chi connectivity index (χ2n) is 3.97. The number of amides is 1. The van der Waals surface area contributed by atoms with Crippen molar-refractivity contribution in [1.29, 1.82) is 0 Å². The van der Waals surface area contributed by atoms with Crippen LogP contribution in [0.2, 0.25) is 5.02 Å². The number of anilines is 1. The topological polar surface area (TPSA) is 95.5 Å². The van der Waals surface area contributed by atoms with Crippen molar-refractivity contribution in [3.63, 3.8) is 0 Å². The van der Waals surface area contributed by atoms with Crippen molar-refractivity contribution in [2.75, 3.05) is 12.4 Å². The summed E-state index contributed by atoms with van der Waals surface area (Å²) in [6.45, 7) is 0. The second kappa shape index (κ2) is 6.02. The van der Waals surface area contributed by atoms with Gasteiger partial charge in [0.05, 0.1) is 15.5 Å². The Kier molecular flexibility index (Phi) is 4.52. The number of nitrogens with one attached hydrogen (secondary N) is 2. The van der Waals surface area contributed by atoms with Crippen LogP contribution in [0.15, 0.2) is 34.5 Å². The number of rotatable bonds is 4. The van der Waals surface area contributed by atoms with E-state index in [0.717, 1.165) is 11.3 Å². The lowest BCUT2D eigenvalue weighted by Crippen LogP contribution is -2.18. The molecule has 0 bridgehead atoms. The third-order valence-electron chi connectivity index (χ3n) is 2.59. The van der Waals surface area contributed by atoms with E-state index >= 15 is 0 Å². The van der Waals surface area contributed by atoms with Gasteiger partial charge < -0.3 is 10.4 Å². The molecule has 0 atom stereocenters. The minimum absolute atomic E-state index is 0.0143. The summed E-state index contributed by atoms with van der Waals surface area (Å²) in [5.74, 6) is -0.689. The number of phenols is 1. The Bertz CT molecular complexity index is 786. The molecular weight excluding hydrogens is 336 g/mol. The molecule has 9 heteroatoms. The Morgan fingerprint density at radius 2 is 2.05 bits per heavy atom. The maximum absolute atomic E-state index is 12.0. The highest BCUT2D eigenvalue weighted by molar-refractivity contribution is 7.89. The van der Waals surface area contributed by atoms with Gasteiger partial charge in [-0.05, 0) is 25.2 Å². The molecule has 2 rings (SSSR count). The van der Waals surface area contributed by atoms with Crippen LogP contribution in [-0.4, -0.2) is 26.5 Å². The van der Waals surface area contributed by atoms with E-state index in [2.05, 4.69) is 10.0 Å². The number of thiophene rings is 1. The van der Waals surface area contributed by atoms with Crippen molar-refractivity contribution < 1.29 is 18.3 Å². The quantitative estimate of drug-likeness (QED) is 0.740. The van der Waals surface area contributed by atoms with Crippen molar-refractivity contribution in [3.8, 4) is 5.75 Å². The Morgan fingerprint density at radius 1 is 1.33 bits per heavy atom. The fourth-order valence-electron chi connectivity index (χ4n) is 1.49. The van der Waals surface area contributed by atoms with Crippen LogP contribution in [0.3, 0.4) is 0 Å². The largest absolute Gasteiger partial charge is 0.506 e. The highest BCUT2D eigenvalue weighted by Crippen LogP contribution is 2.28. The minimum atomic E-state index is -3.58. The maximum Gasteiger partial charge on any atom is 0.265 e. The number of sulfonamides is 1. The lowest BCUT2D eigenvalue weighted by Gasteiger charge is -2.06. The first-order valence-electron chi connectivity index (χ1n) is 5.65. The second-order valence-corrected chi connectivity index (χ2v) is 7.20. The molecule has 1 aromatic heterocycles. The zero-order valence-electron chi connectivity index (χ0n) is 10.8. The third kappa shape index (κ3) is 3.53. The lowest BCUT2D eigenvalue weighted by atomic mass is 10.3. The first-order chi connectivity index (χ1) is 9.83. The molecule has 2 aromatic rings. The number of halogens is 1. The third-order valence-corrected chi connectivity index (χ3v) is 5.29. The van der Waals surface area contributed by atoms with Gasteiger partial charge in [-0.15, -0.1) is 11.3 Å². The average Bonchev–Trinajstić information content (AvgIpc) is 2.92. The molecule has 0 fully saturated rings. The van der Waals surface area contributed by atoms with Gasteiger partial charge >= 0.3 is 0 Å². The van der Waals surface area contributed by atoms with Crippen LogP contribution in [0.5, 0.6) is 5.75 Å². The van der Waals surface area contributed by atoms with E-state index in [1.807, 2.05) is 0 Å². The number of phenolic OH excluding ortho intramolecular Hbond substituents is 1. The first kappa shape index (κ1) is 15.8. The normalized spacial score (nSPS) is 11.3. The van der Waals surface area contributed by atoms with Gasteiger partial charge in [-0.3, -0.25) is 4.79 Å². The molecule has 6 nitrogen and oxygen atoms in total. The Labute approximate surface area is 130 Å². The molecular formula is C12H11ClN2O4S2. The van der Waals surface area contributed by atoms with E-state index in [0.29, 0.717) is 5.02 Å². The van der Waals surface area contributed by atoms with Crippen LogP contribution < -0.4 is 10.0 Å². The molecule has 0 aliphatic heterocycles. The summed E-state index contributed by atoms with van der Waals surface area (Å²) in [7, 11) is -2.29. The molecule has 1 heterocycles. The molecule has 0 spiro atoms. The number of carbonyl (C=O) groups excluding carboxylic acids is 1. The number of benzene rings is 1. The fourth-order valence-corrected chi connectivity index (χ4v) is 3.56. The monoisotopic (exact) mass is 346 g/mol. The van der Waals surface area contributed by atoms with E-state index in [1.54, 1.807) is 0 Å². The number of hydrogen-bond acceptors (Lipinski definition) is 5. The van der Waals surface area contributed by atoms with Gasteiger partial charge in [0.15, 0.2) is 0 Å². The zero-order valence-corrected chi connectivity index (χ0v) is 13.1. The molecule has 0 aliphatic carbocycles. The fraction of sp³-hybridized carbons (Fsp3) is 0.0833. The standard InChI is InChI=1S/C12H11ClN2O4S2/c1-14-21(18,19)8-5-11(20-6-8)12(17)15-9-3-2-7(13)4-10(9)16/h2-6,14,16H,1H3,(H,15,17). The molecule has 1 aromatic carbocycles. The van der Waals surface area contributed by atoms with Crippen molar-refractivity contribution >= 4 is 44.6 Å². The first-order valence-corrected chi connectivity index (χ1v) is 8.39. The van der Waals surface area contributed by atoms with E-state index in [9.17, 15) is 18.3 Å². The Morgan fingerprint density at radius 3 is 2.67 bits per heavy atom. The smallest absolute Gasteiger partial charge is 0.265 e. The van der Waals surface area contributed by atoms with Gasteiger partial charge in [0.1, 0.15) is 5.75 Å². The van der Waals surface area contributed by atoms with Crippen molar-refractivity contribution in [1.82, 2.24) is 4.72 Å². The highest BCUT2D eigenvalue weighted by atomic mass is 35.5. The van der Waals surface area contributed by atoms with Gasteiger partial charge in [-0.25, -0.2) is 13.1 Å². The summed E-state index contributed by atoms with van der Waals surface area (Å²) in [6, 6.07) is 5.53. The highest BCUT2D eigenvalue weighted by Gasteiger charge is 2.17. The van der Waals surface area contributed by atoms with E-state index in [-0.39, 0.29) is 21.2 Å². The van der Waals surface area contributed by atoms with E-state index in [4.69, 9.17) is 11.6 Å². The predicted molar refractivity (Wildman–Crippen MR) is 81.6 cm³/mol. The van der Waals surface area contributed by atoms with Crippen LogP contribution in [0, 0.1) is 0 Å². The molecule has 0 saturated carbocycles. The van der Waals surface area contributed by atoms with Crippen LogP contribution in [0.1, 0.15) is 9.67 Å². The molecule has 0 aliphatic rings. The summed E-state index contributed by atoms with van der Waals surface area (Å²) in [4.78, 5) is 12.2. The Balaban J connectivity index is 2.22. The molecule has 21 heavy (non-hydrogen) atoms. The summed E-state index contributed by atoms with van der Waals surface area (Å²) in [5.41, 5.74) is 0.191. The van der Waals surface area contributed by atoms with Crippen molar-refractivity contribution in [2.24, 2.45) is 0 Å². The minimum Gasteiger partial charge on any atom is -0.506 e. The summed E-state index contributed by atoms with van der Waals surface area (Å²) in [5, 5.41) is 13.8. The van der Waals surface area contributed by atoms with E-state index < -0.39 is 15.9 Å². The van der Waals surface area contributed by atoms with Gasteiger partial charge in [0.25, 0.3) is 5.91 Å². The van der Waals surface area contributed by atoms with Gasteiger partial charge in [-0.1, -0.05) is 11.6 Å². The van der Waals surface area contributed by atoms with Gasteiger partial charge in [0, 0.05) is 16.5 Å². The van der Waals surface area contributed by atoms with Crippen molar-refractivity contribution in [3.05, 3.63) is 39.5 Å². The van der Waals surface area contributed by atoms with Crippen molar-refractivity contribution in [2.45, 2.75) is 4.90 Å². The predicted octanol–water partition coefficient (Wildman–Crippen LogP) is 2.27. The molecule has 112 valence electrons. The number of hydrogen-bond donors (Lipinski definition) is 3. The Hall–Kier alpha value is -1.61. The zero-order chi connectivity index (χ0) is 15.6. The molecule has 0 saturated heterocycles. The molecule has 0 radical (unpaired) electrons. The van der Waals surface area contributed by atoms with Crippen LogP contribution in [-0.2, 0) is 10.0 Å². The molecule has 1 amide bonds. The van der Waals surface area contributed by atoms with Gasteiger partial charge in [-0.2, -0.15) is 0 Å². The molecule has 0 unspecified atom stereocenters. The van der Waals surface area contributed by atoms with Crippen LogP contribution >= 0.6 is 22.9 Å². The summed E-state index contributed by atoms with van der Waals surface area (Å²) in [6.07, 6.45) is 0. The van der Waals surface area contributed by atoms with Gasteiger partial charge in [0.2, 0.25) is 10.0 Å². The average molecular weight is 347 g/mol. The van der Waals surface area contributed by atoms with Crippen LogP contribution in [0.4, 0.5) is 5.69 Å². The van der Waals surface area contributed by atoms with Crippen LogP contribution in [0.25, 0.3) is 0 Å². The maximum atomic E-state index is 12.0.